The summed E-state index contributed by atoms with van der Waals surface area (Å²) in [7, 11) is 0. The summed E-state index contributed by atoms with van der Waals surface area (Å²) in [4.78, 5) is 12.0. The number of anilines is 1. The van der Waals surface area contributed by atoms with Crippen molar-refractivity contribution in [3.8, 4) is 23.1 Å². The van der Waals surface area contributed by atoms with Crippen LogP contribution in [0.3, 0.4) is 0 Å². The van der Waals surface area contributed by atoms with E-state index in [-0.39, 0.29) is 5.75 Å². The minimum atomic E-state index is -2.93. The number of hydrogen-bond donors (Lipinski definition) is 1. The van der Waals surface area contributed by atoms with E-state index in [1.54, 1.807) is 30.3 Å². The predicted octanol–water partition coefficient (Wildman–Crippen LogP) is 6.93. The molecule has 0 aliphatic rings. The summed E-state index contributed by atoms with van der Waals surface area (Å²) in [5.41, 5.74) is 3.02. The van der Waals surface area contributed by atoms with Crippen LogP contribution in [-0.2, 0) is 11.3 Å². The van der Waals surface area contributed by atoms with Crippen molar-refractivity contribution in [2.75, 3.05) is 11.9 Å². The van der Waals surface area contributed by atoms with Crippen molar-refractivity contribution in [3.63, 3.8) is 0 Å². The van der Waals surface area contributed by atoms with Gasteiger partial charge in [0, 0.05) is 29.2 Å². The number of carbonyl (C=O) groups is 1. The molecule has 0 saturated carbocycles. The minimum Gasteiger partial charge on any atom is -0.449 e. The Morgan fingerprint density at radius 3 is 2.67 bits per heavy atom. The molecule has 0 spiro atoms. The molecule has 0 saturated heterocycles. The largest absolute Gasteiger partial charge is 0.449 e. The Bertz CT molecular complexity index is 1150. The zero-order chi connectivity index (χ0) is 23.8. The van der Waals surface area contributed by atoms with Gasteiger partial charge in [-0.05, 0) is 37.1 Å². The smallest absolute Gasteiger partial charge is 0.411 e. The summed E-state index contributed by atoms with van der Waals surface area (Å²) in [5, 5.41) is 13.3. The van der Waals surface area contributed by atoms with E-state index < -0.39 is 12.7 Å². The molecular weight excluding hydrogens is 428 g/mol. The van der Waals surface area contributed by atoms with Crippen molar-refractivity contribution in [2.24, 2.45) is 0 Å². The summed E-state index contributed by atoms with van der Waals surface area (Å²) < 4.78 is 37.2. The third kappa shape index (κ3) is 5.80. The quantitative estimate of drug-likeness (QED) is 0.336. The Balaban J connectivity index is 2.10. The number of ether oxygens (including phenoxy) is 2. The number of hydrogen-bond acceptors (Lipinski definition) is 4. The van der Waals surface area contributed by atoms with E-state index >= 15 is 0 Å². The fourth-order valence-corrected chi connectivity index (χ4v) is 3.76. The topological polar surface area (TPSA) is 76.3 Å². The van der Waals surface area contributed by atoms with Crippen LogP contribution in [0.2, 0.25) is 0 Å². The average molecular weight is 456 g/mol. The van der Waals surface area contributed by atoms with Gasteiger partial charge in [0.2, 0.25) is 0 Å². The number of halogens is 2. The van der Waals surface area contributed by atoms with Crippen molar-refractivity contribution in [3.05, 3.63) is 48.0 Å². The van der Waals surface area contributed by atoms with E-state index in [9.17, 15) is 18.8 Å². The lowest BCUT2D eigenvalue weighted by atomic mass is 10.1. The van der Waals surface area contributed by atoms with Crippen LogP contribution in [0.25, 0.3) is 22.2 Å². The number of fused-ring (bicyclic) bond motifs is 1. The third-order valence-corrected chi connectivity index (χ3v) is 5.18. The molecule has 6 nitrogen and oxygen atoms in total. The first-order valence-corrected chi connectivity index (χ1v) is 11.0. The molecular formula is C25H27F2N3O3. The normalized spacial score (nSPS) is 10.9. The van der Waals surface area contributed by atoms with Crippen molar-refractivity contribution in [1.29, 1.82) is 5.26 Å². The third-order valence-electron chi connectivity index (χ3n) is 5.18. The van der Waals surface area contributed by atoms with Crippen LogP contribution in [0.4, 0.5) is 19.3 Å². The fraction of sp³-hybridized carbons (Fsp3) is 0.360. The lowest BCUT2D eigenvalue weighted by molar-refractivity contribution is -0.0497. The number of nitriles is 1. The summed E-state index contributed by atoms with van der Waals surface area (Å²) >= 11 is 0. The van der Waals surface area contributed by atoms with Crippen LogP contribution >= 0.6 is 0 Å². The predicted molar refractivity (Wildman–Crippen MR) is 124 cm³/mol. The van der Waals surface area contributed by atoms with Gasteiger partial charge in [0.25, 0.3) is 0 Å². The zero-order valence-electron chi connectivity index (χ0n) is 18.7. The van der Waals surface area contributed by atoms with Gasteiger partial charge in [-0.2, -0.15) is 14.0 Å². The number of amides is 1. The molecule has 8 heteroatoms. The molecule has 1 heterocycles. The Hall–Kier alpha value is -3.60. The number of aromatic nitrogens is 1. The summed E-state index contributed by atoms with van der Waals surface area (Å²) in [6.45, 7) is 1.99. The first-order chi connectivity index (χ1) is 16.0. The highest BCUT2D eigenvalue weighted by molar-refractivity contribution is 5.96. The standard InChI is InChI=1S/C25H27F2N3O3/c1-3-5-6-12-30-22-15-19(33-24(26)27)10-11-20(22)21(16-28)23(30)17-8-7-9-18(14-17)29-25(31)32-13-4-2/h7-11,14-15,24H,3-6,12-13H2,1-2H3,(H,29,31). The van der Waals surface area contributed by atoms with Gasteiger partial charge in [-0.3, -0.25) is 5.32 Å². The number of nitrogens with one attached hydrogen (secondary N) is 1. The minimum absolute atomic E-state index is 0.0388. The van der Waals surface area contributed by atoms with Crippen LogP contribution in [0, 0.1) is 11.3 Å². The molecule has 33 heavy (non-hydrogen) atoms. The summed E-state index contributed by atoms with van der Waals surface area (Å²) in [5.74, 6) is 0.0388. The van der Waals surface area contributed by atoms with Crippen LogP contribution in [0.1, 0.15) is 45.1 Å². The van der Waals surface area contributed by atoms with Crippen LogP contribution in [-0.4, -0.2) is 23.9 Å². The molecule has 0 atom stereocenters. The molecule has 2 aromatic carbocycles. The maximum Gasteiger partial charge on any atom is 0.411 e. The van der Waals surface area contributed by atoms with Crippen molar-refractivity contribution in [1.82, 2.24) is 4.57 Å². The van der Waals surface area contributed by atoms with Gasteiger partial charge in [0.1, 0.15) is 11.8 Å². The molecule has 0 unspecified atom stereocenters. The number of benzene rings is 2. The summed E-state index contributed by atoms with van der Waals surface area (Å²) in [6, 6.07) is 14.0. The first-order valence-electron chi connectivity index (χ1n) is 11.0. The number of aryl methyl sites for hydroxylation is 1. The van der Waals surface area contributed by atoms with Gasteiger partial charge < -0.3 is 14.0 Å². The molecule has 1 amide bonds. The van der Waals surface area contributed by atoms with Gasteiger partial charge in [-0.25, -0.2) is 4.79 Å². The molecule has 3 aromatic rings. The van der Waals surface area contributed by atoms with Gasteiger partial charge in [0.15, 0.2) is 0 Å². The van der Waals surface area contributed by atoms with Gasteiger partial charge in [0.05, 0.1) is 23.4 Å². The molecule has 1 aromatic heterocycles. The molecule has 0 bridgehead atoms. The molecule has 0 aliphatic heterocycles. The molecule has 3 rings (SSSR count). The highest BCUT2D eigenvalue weighted by Gasteiger charge is 2.20. The second kappa shape index (κ2) is 11.3. The zero-order valence-corrected chi connectivity index (χ0v) is 18.7. The van der Waals surface area contributed by atoms with Gasteiger partial charge in [-0.15, -0.1) is 0 Å². The highest BCUT2D eigenvalue weighted by Crippen LogP contribution is 2.36. The number of carbonyl (C=O) groups excluding carboxylic acids is 1. The second-order valence-corrected chi connectivity index (χ2v) is 7.59. The Morgan fingerprint density at radius 2 is 1.97 bits per heavy atom. The maximum absolute atomic E-state index is 12.8. The van der Waals surface area contributed by atoms with Gasteiger partial charge >= 0.3 is 12.7 Å². The lowest BCUT2D eigenvalue weighted by Crippen LogP contribution is -2.14. The number of unbranched alkanes of at least 4 members (excludes halogenated alkanes) is 2. The van der Waals surface area contributed by atoms with Crippen LogP contribution < -0.4 is 10.1 Å². The maximum atomic E-state index is 12.8. The van der Waals surface area contributed by atoms with E-state index in [0.717, 1.165) is 24.8 Å². The van der Waals surface area contributed by atoms with E-state index in [1.165, 1.54) is 6.07 Å². The SMILES string of the molecule is CCCCCn1c(-c2cccc(NC(=O)OCCC)c2)c(C#N)c2ccc(OC(F)F)cc21. The summed E-state index contributed by atoms with van der Waals surface area (Å²) in [6.07, 6.45) is 3.03. The second-order valence-electron chi connectivity index (χ2n) is 7.59. The van der Waals surface area contributed by atoms with E-state index in [4.69, 9.17) is 4.74 Å². The number of alkyl halides is 2. The van der Waals surface area contributed by atoms with Crippen molar-refractivity contribution in [2.45, 2.75) is 52.7 Å². The molecule has 0 aliphatic carbocycles. The van der Waals surface area contributed by atoms with E-state index in [2.05, 4.69) is 23.0 Å². The highest BCUT2D eigenvalue weighted by atomic mass is 19.3. The van der Waals surface area contributed by atoms with Gasteiger partial charge in [-0.1, -0.05) is 38.8 Å². The number of nitrogens with zero attached hydrogens (tertiary/aromatic N) is 2. The Morgan fingerprint density at radius 1 is 1.15 bits per heavy atom. The van der Waals surface area contributed by atoms with Crippen molar-refractivity contribution >= 4 is 22.7 Å². The Kier molecular flexibility index (Phi) is 8.25. The molecule has 0 fully saturated rings. The molecule has 174 valence electrons. The Labute approximate surface area is 191 Å². The molecule has 0 radical (unpaired) electrons. The monoisotopic (exact) mass is 455 g/mol. The van der Waals surface area contributed by atoms with Crippen molar-refractivity contribution < 1.29 is 23.0 Å². The number of rotatable bonds is 10. The van der Waals surface area contributed by atoms with Crippen LogP contribution in [0.5, 0.6) is 5.75 Å². The average Bonchev–Trinajstić information content (AvgIpc) is 3.10. The van der Waals surface area contributed by atoms with E-state index in [1.807, 2.05) is 17.6 Å². The molecule has 1 N–H and O–H groups in total. The van der Waals surface area contributed by atoms with E-state index in [0.29, 0.717) is 47.4 Å². The first kappa shape index (κ1) is 24.1. The lowest BCUT2D eigenvalue weighted by Gasteiger charge is -2.13. The van der Waals surface area contributed by atoms with Crippen LogP contribution in [0.15, 0.2) is 42.5 Å². The fourth-order valence-electron chi connectivity index (χ4n) is 3.76.